The summed E-state index contributed by atoms with van der Waals surface area (Å²) >= 11 is 0. The van der Waals surface area contributed by atoms with Gasteiger partial charge in [0, 0.05) is 24.6 Å². The minimum Gasteiger partial charge on any atom is -0.377 e. The summed E-state index contributed by atoms with van der Waals surface area (Å²) in [4.78, 5) is 4.05. The molecule has 0 spiro atoms. The molecule has 0 bridgehead atoms. The highest BCUT2D eigenvalue weighted by atomic mass is 15.3. The van der Waals surface area contributed by atoms with Gasteiger partial charge in [-0.05, 0) is 25.5 Å². The molecule has 0 unspecified atom stereocenters. The maximum atomic E-state index is 4.07. The van der Waals surface area contributed by atoms with Gasteiger partial charge in [-0.2, -0.15) is 0 Å². The topological polar surface area (TPSA) is 55.6 Å². The van der Waals surface area contributed by atoms with Crippen LogP contribution in [0.4, 0.5) is 5.69 Å². The predicted octanol–water partition coefficient (Wildman–Crippen LogP) is 1.61. The second kappa shape index (κ2) is 4.74. The first-order valence-electron chi connectivity index (χ1n) is 5.32. The summed E-state index contributed by atoms with van der Waals surface area (Å²) in [5, 5.41) is 11.3. The fourth-order valence-electron chi connectivity index (χ4n) is 1.53. The van der Waals surface area contributed by atoms with Crippen molar-refractivity contribution in [3.8, 4) is 0 Å². The fraction of sp³-hybridized carbons (Fsp3) is 0.364. The number of hydrogen-bond acceptors (Lipinski definition) is 4. The summed E-state index contributed by atoms with van der Waals surface area (Å²) < 4.78 is 2.02. The Balaban J connectivity index is 2.05. The Morgan fingerprint density at radius 1 is 1.44 bits per heavy atom. The summed E-state index contributed by atoms with van der Waals surface area (Å²) in [5.41, 5.74) is 2.21. The van der Waals surface area contributed by atoms with E-state index in [1.54, 1.807) is 12.5 Å². The van der Waals surface area contributed by atoms with Crippen LogP contribution in [-0.2, 0) is 13.1 Å². The third-order valence-electron chi connectivity index (χ3n) is 2.49. The van der Waals surface area contributed by atoms with Crippen molar-refractivity contribution in [2.75, 3.05) is 5.32 Å². The van der Waals surface area contributed by atoms with E-state index in [0.717, 1.165) is 23.6 Å². The van der Waals surface area contributed by atoms with Crippen molar-refractivity contribution < 1.29 is 0 Å². The van der Waals surface area contributed by atoms with E-state index in [1.807, 2.05) is 23.8 Å². The average Bonchev–Trinajstić information content (AvgIpc) is 2.75. The molecule has 0 aliphatic rings. The predicted molar refractivity (Wildman–Crippen MR) is 62.0 cm³/mol. The molecular weight excluding hydrogens is 202 g/mol. The Bertz CT molecular complexity index is 463. The van der Waals surface area contributed by atoms with Crippen molar-refractivity contribution in [1.82, 2.24) is 19.7 Å². The lowest BCUT2D eigenvalue weighted by Crippen LogP contribution is -2.08. The van der Waals surface area contributed by atoms with Crippen LogP contribution in [0.25, 0.3) is 0 Å². The van der Waals surface area contributed by atoms with Crippen molar-refractivity contribution in [3.63, 3.8) is 0 Å². The highest BCUT2D eigenvalue weighted by Crippen LogP contribution is 2.12. The monoisotopic (exact) mass is 217 g/mol. The molecule has 1 N–H and O–H groups in total. The number of anilines is 1. The lowest BCUT2D eigenvalue weighted by atomic mass is 10.2. The van der Waals surface area contributed by atoms with Crippen molar-refractivity contribution in [1.29, 1.82) is 0 Å². The molecule has 0 aliphatic carbocycles. The molecule has 5 heteroatoms. The molecular formula is C11H15N5. The summed E-state index contributed by atoms with van der Waals surface area (Å²) in [5.74, 6) is 0.943. The van der Waals surface area contributed by atoms with Crippen molar-refractivity contribution in [2.45, 2.75) is 26.9 Å². The highest BCUT2D eigenvalue weighted by molar-refractivity contribution is 5.48. The molecule has 0 aliphatic heterocycles. The first-order valence-corrected chi connectivity index (χ1v) is 5.32. The Labute approximate surface area is 94.5 Å². The molecule has 0 saturated heterocycles. The van der Waals surface area contributed by atoms with Gasteiger partial charge in [0.2, 0.25) is 0 Å². The van der Waals surface area contributed by atoms with Crippen LogP contribution >= 0.6 is 0 Å². The van der Waals surface area contributed by atoms with Gasteiger partial charge in [-0.3, -0.25) is 4.98 Å². The van der Waals surface area contributed by atoms with E-state index in [2.05, 4.69) is 27.4 Å². The number of pyridine rings is 1. The molecule has 0 fully saturated rings. The van der Waals surface area contributed by atoms with Gasteiger partial charge in [0.05, 0.1) is 6.54 Å². The zero-order valence-electron chi connectivity index (χ0n) is 9.51. The highest BCUT2D eigenvalue weighted by Gasteiger charge is 2.03. The minimum absolute atomic E-state index is 0.679. The molecule has 2 rings (SSSR count). The van der Waals surface area contributed by atoms with Gasteiger partial charge in [-0.25, -0.2) is 0 Å². The molecule has 0 saturated carbocycles. The molecule has 5 nitrogen and oxygen atoms in total. The average molecular weight is 217 g/mol. The lowest BCUT2D eigenvalue weighted by Gasteiger charge is -2.08. The molecule has 16 heavy (non-hydrogen) atoms. The number of rotatable bonds is 4. The Hall–Kier alpha value is -1.91. The van der Waals surface area contributed by atoms with E-state index in [1.165, 1.54) is 0 Å². The summed E-state index contributed by atoms with van der Waals surface area (Å²) in [6.45, 7) is 5.67. The van der Waals surface area contributed by atoms with E-state index < -0.39 is 0 Å². The van der Waals surface area contributed by atoms with Gasteiger partial charge in [0.1, 0.15) is 6.33 Å². The maximum absolute atomic E-state index is 4.07. The molecule has 2 heterocycles. The lowest BCUT2D eigenvalue weighted by molar-refractivity contribution is 0.708. The minimum atomic E-state index is 0.679. The van der Waals surface area contributed by atoms with E-state index in [0.29, 0.717) is 6.54 Å². The molecule has 0 aromatic carbocycles. The zero-order chi connectivity index (χ0) is 11.4. The summed E-state index contributed by atoms with van der Waals surface area (Å²) in [6.07, 6.45) is 5.36. The SMILES string of the molecule is CCn1cnnc1CNc1ccncc1C. The first-order chi connectivity index (χ1) is 7.81. The maximum Gasteiger partial charge on any atom is 0.152 e. The third-order valence-corrected chi connectivity index (χ3v) is 2.49. The molecule has 0 atom stereocenters. The van der Waals surface area contributed by atoms with Gasteiger partial charge in [-0.1, -0.05) is 0 Å². The summed E-state index contributed by atoms with van der Waals surface area (Å²) in [7, 11) is 0. The van der Waals surface area contributed by atoms with Crippen LogP contribution in [0, 0.1) is 6.92 Å². The molecule has 2 aromatic rings. The Morgan fingerprint density at radius 3 is 3.06 bits per heavy atom. The van der Waals surface area contributed by atoms with Crippen LogP contribution in [-0.4, -0.2) is 19.7 Å². The standard InChI is InChI=1S/C11H15N5/c1-3-16-8-14-15-11(16)7-13-10-4-5-12-6-9(10)2/h4-6,8H,3,7H2,1-2H3,(H,12,13). The van der Waals surface area contributed by atoms with E-state index in [-0.39, 0.29) is 0 Å². The van der Waals surface area contributed by atoms with Gasteiger partial charge >= 0.3 is 0 Å². The van der Waals surface area contributed by atoms with Gasteiger partial charge in [-0.15, -0.1) is 10.2 Å². The smallest absolute Gasteiger partial charge is 0.152 e. The number of nitrogens with zero attached hydrogens (tertiary/aromatic N) is 4. The largest absolute Gasteiger partial charge is 0.377 e. The van der Waals surface area contributed by atoms with Crippen LogP contribution in [0.2, 0.25) is 0 Å². The van der Waals surface area contributed by atoms with Crippen LogP contribution in [0.15, 0.2) is 24.8 Å². The number of aromatic nitrogens is 4. The number of aryl methyl sites for hydroxylation is 2. The second-order valence-corrected chi connectivity index (χ2v) is 3.58. The summed E-state index contributed by atoms with van der Waals surface area (Å²) in [6, 6.07) is 1.96. The third kappa shape index (κ3) is 2.18. The molecule has 0 amide bonds. The van der Waals surface area contributed by atoms with Crippen LogP contribution < -0.4 is 5.32 Å². The number of nitrogens with one attached hydrogen (secondary N) is 1. The van der Waals surface area contributed by atoms with Crippen molar-refractivity contribution in [3.05, 3.63) is 36.2 Å². The van der Waals surface area contributed by atoms with E-state index in [9.17, 15) is 0 Å². The molecule has 84 valence electrons. The Kier molecular flexibility index (Phi) is 3.14. The number of hydrogen-bond donors (Lipinski definition) is 1. The quantitative estimate of drug-likeness (QED) is 0.845. The van der Waals surface area contributed by atoms with Crippen LogP contribution in [0.5, 0.6) is 0 Å². The van der Waals surface area contributed by atoms with E-state index in [4.69, 9.17) is 0 Å². The normalized spacial score (nSPS) is 10.4. The first kappa shape index (κ1) is 10.6. The molecule has 2 aromatic heterocycles. The second-order valence-electron chi connectivity index (χ2n) is 3.58. The van der Waals surface area contributed by atoms with Gasteiger partial charge in [0.25, 0.3) is 0 Å². The van der Waals surface area contributed by atoms with Crippen molar-refractivity contribution in [2.24, 2.45) is 0 Å². The van der Waals surface area contributed by atoms with Crippen molar-refractivity contribution >= 4 is 5.69 Å². The fourth-order valence-corrected chi connectivity index (χ4v) is 1.53. The Morgan fingerprint density at radius 2 is 2.31 bits per heavy atom. The van der Waals surface area contributed by atoms with Crippen LogP contribution in [0.1, 0.15) is 18.3 Å². The van der Waals surface area contributed by atoms with Gasteiger partial charge < -0.3 is 9.88 Å². The van der Waals surface area contributed by atoms with E-state index >= 15 is 0 Å². The molecule has 0 radical (unpaired) electrons. The van der Waals surface area contributed by atoms with Gasteiger partial charge in [0.15, 0.2) is 5.82 Å². The zero-order valence-corrected chi connectivity index (χ0v) is 9.51. The van der Waals surface area contributed by atoms with Crippen LogP contribution in [0.3, 0.4) is 0 Å².